The minimum atomic E-state index is -0.535. The number of aldehydes is 1. The SMILES string of the molecule is O=Cc1ccc(-c2cc3nccc(Oc4ccc(Nc5nc6cc(Cl)ccc6[nH]5)cc4F)c3s2)nc1. The Labute approximate surface area is 212 Å². The van der Waals surface area contributed by atoms with Gasteiger partial charge in [-0.3, -0.25) is 14.8 Å². The van der Waals surface area contributed by atoms with Gasteiger partial charge in [0.05, 0.1) is 31.8 Å². The molecule has 0 radical (unpaired) electrons. The molecule has 6 rings (SSSR count). The Hall–Kier alpha value is -4.34. The van der Waals surface area contributed by atoms with Gasteiger partial charge in [0.1, 0.15) is 5.75 Å². The van der Waals surface area contributed by atoms with E-state index < -0.39 is 5.82 Å². The van der Waals surface area contributed by atoms with E-state index in [2.05, 4.69) is 25.3 Å². The number of fused-ring (bicyclic) bond motifs is 2. The number of H-pyrrole nitrogens is 1. The van der Waals surface area contributed by atoms with Crippen molar-refractivity contribution < 1.29 is 13.9 Å². The van der Waals surface area contributed by atoms with Gasteiger partial charge < -0.3 is 15.0 Å². The first kappa shape index (κ1) is 22.1. The van der Waals surface area contributed by atoms with Gasteiger partial charge in [-0.2, -0.15) is 0 Å². The Kier molecular flexibility index (Phi) is 5.55. The number of benzene rings is 2. The number of aromatic amines is 1. The van der Waals surface area contributed by atoms with Crippen LogP contribution in [0.1, 0.15) is 10.4 Å². The highest BCUT2D eigenvalue weighted by atomic mass is 35.5. The lowest BCUT2D eigenvalue weighted by Crippen LogP contribution is -1.95. The number of aromatic nitrogens is 4. The lowest BCUT2D eigenvalue weighted by Gasteiger charge is -2.09. The van der Waals surface area contributed by atoms with Gasteiger partial charge in [-0.15, -0.1) is 11.3 Å². The van der Waals surface area contributed by atoms with E-state index in [4.69, 9.17) is 16.3 Å². The molecule has 0 atom stereocenters. The van der Waals surface area contributed by atoms with Crippen LogP contribution in [0.5, 0.6) is 11.5 Å². The van der Waals surface area contributed by atoms with E-state index in [9.17, 15) is 9.18 Å². The van der Waals surface area contributed by atoms with Crippen LogP contribution in [0.4, 0.5) is 16.0 Å². The predicted molar refractivity (Wildman–Crippen MR) is 139 cm³/mol. The van der Waals surface area contributed by atoms with Crippen LogP contribution in [0.2, 0.25) is 5.02 Å². The average Bonchev–Trinajstić information content (AvgIpc) is 3.50. The van der Waals surface area contributed by atoms with Crippen molar-refractivity contribution in [1.82, 2.24) is 19.9 Å². The number of rotatable bonds is 6. The van der Waals surface area contributed by atoms with Crippen LogP contribution in [0.25, 0.3) is 31.8 Å². The van der Waals surface area contributed by atoms with Gasteiger partial charge in [-0.1, -0.05) is 11.6 Å². The number of carbonyl (C=O) groups is 1. The van der Waals surface area contributed by atoms with E-state index in [0.29, 0.717) is 44.7 Å². The normalized spacial score (nSPS) is 11.2. The second kappa shape index (κ2) is 9.03. The first-order chi connectivity index (χ1) is 17.6. The number of halogens is 2. The monoisotopic (exact) mass is 515 g/mol. The van der Waals surface area contributed by atoms with Gasteiger partial charge in [0.2, 0.25) is 5.95 Å². The summed E-state index contributed by atoms with van der Waals surface area (Å²) in [5.74, 6) is 0.492. The van der Waals surface area contributed by atoms with E-state index in [1.165, 1.54) is 23.6 Å². The maximum Gasteiger partial charge on any atom is 0.205 e. The van der Waals surface area contributed by atoms with E-state index in [0.717, 1.165) is 21.4 Å². The second-order valence-corrected chi connectivity index (χ2v) is 9.34. The predicted octanol–water partition coefficient (Wildman–Crippen LogP) is 7.38. The van der Waals surface area contributed by atoms with Crippen LogP contribution in [0, 0.1) is 5.82 Å². The summed E-state index contributed by atoms with van der Waals surface area (Å²) in [6, 6.07) is 17.0. The molecule has 0 saturated carbocycles. The molecule has 4 heterocycles. The summed E-state index contributed by atoms with van der Waals surface area (Å²) in [6.45, 7) is 0. The highest BCUT2D eigenvalue weighted by molar-refractivity contribution is 7.22. The molecule has 176 valence electrons. The van der Waals surface area contributed by atoms with Crippen LogP contribution in [0.15, 0.2) is 73.1 Å². The van der Waals surface area contributed by atoms with Crippen molar-refractivity contribution in [2.45, 2.75) is 0 Å². The van der Waals surface area contributed by atoms with E-state index in [-0.39, 0.29) is 5.75 Å². The maximum absolute atomic E-state index is 15.0. The highest BCUT2D eigenvalue weighted by Gasteiger charge is 2.14. The third-order valence-electron chi connectivity index (χ3n) is 5.41. The highest BCUT2D eigenvalue weighted by Crippen LogP contribution is 2.39. The summed E-state index contributed by atoms with van der Waals surface area (Å²) in [5.41, 5.74) is 3.95. The zero-order valence-corrected chi connectivity index (χ0v) is 19.9. The van der Waals surface area contributed by atoms with Crippen molar-refractivity contribution in [3.05, 3.63) is 89.5 Å². The van der Waals surface area contributed by atoms with Crippen LogP contribution in [0.3, 0.4) is 0 Å². The van der Waals surface area contributed by atoms with Gasteiger partial charge in [0.15, 0.2) is 17.9 Å². The van der Waals surface area contributed by atoms with Gasteiger partial charge in [-0.25, -0.2) is 9.37 Å². The smallest absolute Gasteiger partial charge is 0.205 e. The van der Waals surface area contributed by atoms with Crippen molar-refractivity contribution in [2.24, 2.45) is 0 Å². The fourth-order valence-corrected chi connectivity index (χ4v) is 4.91. The first-order valence-electron chi connectivity index (χ1n) is 10.8. The molecule has 0 aliphatic carbocycles. The number of ether oxygens (including phenoxy) is 1. The van der Waals surface area contributed by atoms with Gasteiger partial charge in [-0.05, 0) is 48.5 Å². The summed E-state index contributed by atoms with van der Waals surface area (Å²) < 4.78 is 21.7. The molecule has 0 aliphatic rings. The molecular weight excluding hydrogens is 501 g/mol. The zero-order valence-electron chi connectivity index (χ0n) is 18.3. The third kappa shape index (κ3) is 4.26. The molecule has 7 nitrogen and oxygen atoms in total. The number of hydrogen-bond acceptors (Lipinski definition) is 7. The molecule has 6 aromatic rings. The minimum Gasteiger partial charge on any atom is -0.453 e. The fraction of sp³-hybridized carbons (Fsp3) is 0. The molecule has 0 unspecified atom stereocenters. The fourth-order valence-electron chi connectivity index (χ4n) is 3.70. The maximum atomic E-state index is 15.0. The van der Waals surface area contributed by atoms with Crippen LogP contribution in [-0.4, -0.2) is 26.2 Å². The molecule has 0 amide bonds. The standard InChI is InChI=1S/C26H15ClFN5O2S/c27-15-2-5-18-20(9-15)33-26(32-18)31-16-3-6-22(17(28)10-16)35-23-7-8-29-21-11-24(36-25(21)23)19-4-1-14(13-34)12-30-19/h1-13H,(H2,31,32,33). The van der Waals surface area contributed by atoms with Crippen molar-refractivity contribution in [3.63, 3.8) is 0 Å². The number of nitrogens with one attached hydrogen (secondary N) is 2. The average molecular weight is 516 g/mol. The van der Waals surface area contributed by atoms with E-state index in [1.54, 1.807) is 48.7 Å². The number of carbonyl (C=O) groups excluding carboxylic acids is 1. The van der Waals surface area contributed by atoms with Crippen LogP contribution < -0.4 is 10.1 Å². The van der Waals surface area contributed by atoms with Gasteiger partial charge >= 0.3 is 0 Å². The largest absolute Gasteiger partial charge is 0.453 e. The zero-order chi connectivity index (χ0) is 24.6. The lowest BCUT2D eigenvalue weighted by atomic mass is 10.2. The Morgan fingerprint density at radius 2 is 1.92 bits per heavy atom. The first-order valence-corrected chi connectivity index (χ1v) is 11.9. The molecule has 0 bridgehead atoms. The molecular formula is C26H15ClFN5O2S. The molecule has 2 aromatic carbocycles. The molecule has 0 aliphatic heterocycles. The van der Waals surface area contributed by atoms with Crippen molar-refractivity contribution in [1.29, 1.82) is 0 Å². The molecule has 10 heteroatoms. The molecule has 2 N–H and O–H groups in total. The number of anilines is 2. The Balaban J connectivity index is 1.25. The number of pyridine rings is 2. The lowest BCUT2D eigenvalue weighted by molar-refractivity contribution is 0.112. The summed E-state index contributed by atoms with van der Waals surface area (Å²) in [5, 5.41) is 3.65. The number of thiophene rings is 1. The molecule has 4 aromatic heterocycles. The summed E-state index contributed by atoms with van der Waals surface area (Å²) >= 11 is 7.45. The topological polar surface area (TPSA) is 92.8 Å². The second-order valence-electron chi connectivity index (χ2n) is 7.85. The molecule has 0 spiro atoms. The van der Waals surface area contributed by atoms with Crippen LogP contribution >= 0.6 is 22.9 Å². The Morgan fingerprint density at radius 3 is 2.72 bits per heavy atom. The summed E-state index contributed by atoms with van der Waals surface area (Å²) in [4.78, 5) is 28.0. The summed E-state index contributed by atoms with van der Waals surface area (Å²) in [6.07, 6.45) is 3.87. The Morgan fingerprint density at radius 1 is 1.00 bits per heavy atom. The quantitative estimate of drug-likeness (QED) is 0.225. The number of nitrogens with zero attached hydrogens (tertiary/aromatic N) is 3. The molecule has 0 saturated heterocycles. The molecule has 0 fully saturated rings. The van der Waals surface area contributed by atoms with Crippen molar-refractivity contribution in [3.8, 4) is 22.1 Å². The van der Waals surface area contributed by atoms with Crippen molar-refractivity contribution >= 4 is 62.1 Å². The van der Waals surface area contributed by atoms with Crippen LogP contribution in [-0.2, 0) is 0 Å². The minimum absolute atomic E-state index is 0.0767. The van der Waals surface area contributed by atoms with E-state index >= 15 is 0 Å². The van der Waals surface area contributed by atoms with Gasteiger partial charge in [0.25, 0.3) is 0 Å². The molecule has 36 heavy (non-hydrogen) atoms. The Bertz CT molecular complexity index is 1750. The third-order valence-corrected chi connectivity index (χ3v) is 6.81. The number of imidazole rings is 1. The summed E-state index contributed by atoms with van der Waals surface area (Å²) in [7, 11) is 0. The van der Waals surface area contributed by atoms with Gasteiger partial charge in [0, 0.05) is 40.8 Å². The number of hydrogen-bond donors (Lipinski definition) is 2. The van der Waals surface area contributed by atoms with E-state index in [1.807, 2.05) is 12.1 Å². The van der Waals surface area contributed by atoms with Crippen molar-refractivity contribution in [2.75, 3.05) is 5.32 Å².